The Morgan fingerprint density at radius 3 is 2.69 bits per heavy atom. The molecule has 92 valence electrons. The molecule has 5 heteroatoms. The van der Waals surface area contributed by atoms with Crippen molar-refractivity contribution in [1.29, 1.82) is 0 Å². The number of piperazine rings is 1. The maximum Gasteiger partial charge on any atom is 0.156 e. The summed E-state index contributed by atoms with van der Waals surface area (Å²) in [6.45, 7) is 6.90. The number of morpholine rings is 1. The molecule has 2 rings (SSSR count). The van der Waals surface area contributed by atoms with Gasteiger partial charge < -0.3 is 20.7 Å². The first-order chi connectivity index (χ1) is 7.79. The molecule has 0 spiro atoms. The molecule has 2 aliphatic rings. The molecule has 0 bridgehead atoms. The van der Waals surface area contributed by atoms with Gasteiger partial charge >= 0.3 is 0 Å². The minimum atomic E-state index is -0.0470. The monoisotopic (exact) mass is 227 g/mol. The van der Waals surface area contributed by atoms with E-state index < -0.39 is 0 Å². The van der Waals surface area contributed by atoms with E-state index in [1.165, 1.54) is 0 Å². The fourth-order valence-corrected chi connectivity index (χ4v) is 2.26. The lowest BCUT2D eigenvalue weighted by Gasteiger charge is -2.31. The van der Waals surface area contributed by atoms with Gasteiger partial charge in [-0.25, -0.2) is 0 Å². The van der Waals surface area contributed by atoms with Crippen molar-refractivity contribution in [2.24, 2.45) is 5.92 Å². The van der Waals surface area contributed by atoms with Crippen LogP contribution in [0.2, 0.25) is 0 Å². The van der Waals surface area contributed by atoms with Crippen LogP contribution in [0, 0.1) is 5.92 Å². The van der Waals surface area contributed by atoms with Crippen LogP contribution >= 0.6 is 0 Å². The van der Waals surface area contributed by atoms with Crippen molar-refractivity contribution in [3.8, 4) is 0 Å². The van der Waals surface area contributed by atoms with Crippen LogP contribution in [0.3, 0.4) is 0 Å². The van der Waals surface area contributed by atoms with E-state index in [9.17, 15) is 4.79 Å². The van der Waals surface area contributed by atoms with Crippen molar-refractivity contribution in [1.82, 2.24) is 16.0 Å². The van der Waals surface area contributed by atoms with E-state index in [2.05, 4.69) is 16.0 Å². The number of hydrogen-bond acceptors (Lipinski definition) is 5. The van der Waals surface area contributed by atoms with Gasteiger partial charge in [0.2, 0.25) is 0 Å². The van der Waals surface area contributed by atoms with Gasteiger partial charge in [0.05, 0.1) is 18.8 Å². The number of rotatable bonds is 3. The molecule has 0 aromatic heterocycles. The van der Waals surface area contributed by atoms with Crippen molar-refractivity contribution in [2.45, 2.75) is 19.1 Å². The van der Waals surface area contributed by atoms with Crippen LogP contribution in [-0.2, 0) is 9.53 Å². The average Bonchev–Trinajstić information content (AvgIpc) is 2.39. The molecule has 0 radical (unpaired) electrons. The summed E-state index contributed by atoms with van der Waals surface area (Å²) in [5.74, 6) is 0.228. The molecule has 2 aliphatic heterocycles. The van der Waals surface area contributed by atoms with Crippen molar-refractivity contribution >= 4 is 5.78 Å². The van der Waals surface area contributed by atoms with Gasteiger partial charge in [-0.1, -0.05) is 6.92 Å². The first-order valence-electron chi connectivity index (χ1n) is 6.09. The highest BCUT2D eigenvalue weighted by molar-refractivity contribution is 5.87. The number of hydrogen-bond donors (Lipinski definition) is 3. The number of carbonyl (C=O) groups excluding carboxylic acids is 1. The molecule has 0 amide bonds. The Labute approximate surface area is 96.3 Å². The molecule has 0 aromatic carbocycles. The number of ether oxygens (including phenoxy) is 1. The first-order valence-corrected chi connectivity index (χ1v) is 6.09. The summed E-state index contributed by atoms with van der Waals surface area (Å²) in [6.07, 6.45) is 0.0324. The highest BCUT2D eigenvalue weighted by Crippen LogP contribution is 2.13. The summed E-state index contributed by atoms with van der Waals surface area (Å²) in [7, 11) is 0. The minimum absolute atomic E-state index is 0.0324. The summed E-state index contributed by atoms with van der Waals surface area (Å²) >= 11 is 0. The predicted octanol–water partition coefficient (Wildman–Crippen LogP) is -1.26. The van der Waals surface area contributed by atoms with Gasteiger partial charge in [0.15, 0.2) is 5.78 Å². The summed E-state index contributed by atoms with van der Waals surface area (Å²) < 4.78 is 5.62. The lowest BCUT2D eigenvalue weighted by Crippen LogP contribution is -2.56. The quantitative estimate of drug-likeness (QED) is 0.562. The predicted molar refractivity (Wildman–Crippen MR) is 61.4 cm³/mol. The fraction of sp³-hybridized carbons (Fsp3) is 0.909. The lowest BCUT2D eigenvalue weighted by atomic mass is 9.93. The molecule has 5 nitrogen and oxygen atoms in total. The van der Waals surface area contributed by atoms with Crippen molar-refractivity contribution < 1.29 is 9.53 Å². The third-order valence-electron chi connectivity index (χ3n) is 3.35. The van der Waals surface area contributed by atoms with E-state index in [0.717, 1.165) is 32.7 Å². The third-order valence-corrected chi connectivity index (χ3v) is 3.35. The zero-order chi connectivity index (χ0) is 11.4. The highest BCUT2D eigenvalue weighted by Gasteiger charge is 2.31. The number of Topliss-reactive ketones (excluding diaryl/α,β-unsaturated/α-hetero) is 1. The Kier molecular flexibility index (Phi) is 4.29. The standard InChI is InChI=1S/C11H21N3O2/c1-8(10-7-13-4-5-16-10)11(15)9-6-12-2-3-14-9/h8-10,12-14H,2-7H2,1H3. The molecule has 0 aromatic rings. The van der Waals surface area contributed by atoms with Crippen LogP contribution < -0.4 is 16.0 Å². The summed E-state index contributed by atoms with van der Waals surface area (Å²) in [4.78, 5) is 12.2. The van der Waals surface area contributed by atoms with Crippen LogP contribution in [0.15, 0.2) is 0 Å². The second kappa shape index (κ2) is 5.72. The zero-order valence-corrected chi connectivity index (χ0v) is 9.79. The van der Waals surface area contributed by atoms with Crippen LogP contribution in [0.1, 0.15) is 6.92 Å². The summed E-state index contributed by atoms with van der Waals surface area (Å²) in [5, 5.41) is 9.74. The van der Waals surface area contributed by atoms with E-state index in [0.29, 0.717) is 6.61 Å². The maximum absolute atomic E-state index is 12.2. The summed E-state index contributed by atoms with van der Waals surface area (Å²) in [6, 6.07) is -0.0470. The SMILES string of the molecule is CC(C(=O)C1CNCCN1)C1CNCCO1. The minimum Gasteiger partial charge on any atom is -0.375 e. The van der Waals surface area contributed by atoms with E-state index >= 15 is 0 Å². The molecule has 0 saturated carbocycles. The number of ketones is 1. The van der Waals surface area contributed by atoms with Crippen molar-refractivity contribution in [3.63, 3.8) is 0 Å². The Hall–Kier alpha value is -0.490. The molecule has 3 atom stereocenters. The Morgan fingerprint density at radius 2 is 2.06 bits per heavy atom. The van der Waals surface area contributed by atoms with Crippen molar-refractivity contribution in [2.75, 3.05) is 39.3 Å². The van der Waals surface area contributed by atoms with E-state index in [-0.39, 0.29) is 23.8 Å². The van der Waals surface area contributed by atoms with Gasteiger partial charge in [0.25, 0.3) is 0 Å². The molecule has 16 heavy (non-hydrogen) atoms. The second-order valence-electron chi connectivity index (χ2n) is 4.52. The normalized spacial score (nSPS) is 33.3. The van der Waals surface area contributed by atoms with E-state index in [1.807, 2.05) is 6.92 Å². The highest BCUT2D eigenvalue weighted by atomic mass is 16.5. The van der Waals surface area contributed by atoms with Gasteiger partial charge in [0, 0.05) is 38.6 Å². The molecule has 2 saturated heterocycles. The molecule has 2 heterocycles. The number of carbonyl (C=O) groups is 1. The topological polar surface area (TPSA) is 62.4 Å². The fourth-order valence-electron chi connectivity index (χ4n) is 2.26. The Morgan fingerprint density at radius 1 is 1.25 bits per heavy atom. The van der Waals surface area contributed by atoms with Crippen LogP contribution in [-0.4, -0.2) is 57.3 Å². The van der Waals surface area contributed by atoms with E-state index in [1.54, 1.807) is 0 Å². The Bertz CT molecular complexity index is 235. The second-order valence-corrected chi connectivity index (χ2v) is 4.52. The van der Waals surface area contributed by atoms with Crippen LogP contribution in [0.25, 0.3) is 0 Å². The average molecular weight is 227 g/mol. The van der Waals surface area contributed by atoms with Gasteiger partial charge in [0.1, 0.15) is 0 Å². The number of nitrogens with one attached hydrogen (secondary N) is 3. The van der Waals surface area contributed by atoms with Gasteiger partial charge in [-0.05, 0) is 0 Å². The molecule has 3 unspecified atom stereocenters. The van der Waals surface area contributed by atoms with Gasteiger partial charge in [-0.3, -0.25) is 4.79 Å². The molecular formula is C11H21N3O2. The zero-order valence-electron chi connectivity index (χ0n) is 9.79. The summed E-state index contributed by atoms with van der Waals surface area (Å²) in [5.41, 5.74) is 0. The smallest absolute Gasteiger partial charge is 0.156 e. The largest absolute Gasteiger partial charge is 0.375 e. The van der Waals surface area contributed by atoms with Gasteiger partial charge in [-0.15, -0.1) is 0 Å². The van der Waals surface area contributed by atoms with Crippen LogP contribution in [0.5, 0.6) is 0 Å². The first kappa shape index (κ1) is 12.0. The maximum atomic E-state index is 12.2. The Balaban J connectivity index is 1.86. The lowest BCUT2D eigenvalue weighted by molar-refractivity contribution is -0.130. The third kappa shape index (κ3) is 2.79. The molecule has 3 N–H and O–H groups in total. The van der Waals surface area contributed by atoms with Crippen LogP contribution in [0.4, 0.5) is 0 Å². The van der Waals surface area contributed by atoms with Gasteiger partial charge in [-0.2, -0.15) is 0 Å². The molecular weight excluding hydrogens is 206 g/mol. The van der Waals surface area contributed by atoms with E-state index in [4.69, 9.17) is 4.74 Å². The van der Waals surface area contributed by atoms with Crippen molar-refractivity contribution in [3.05, 3.63) is 0 Å². The molecule has 2 fully saturated rings. The molecule has 0 aliphatic carbocycles.